The summed E-state index contributed by atoms with van der Waals surface area (Å²) in [5.74, 6) is 0. The van der Waals surface area contributed by atoms with E-state index in [1.807, 2.05) is 0 Å². The molecule has 0 N–H and O–H groups in total. The Balaban J connectivity index is 8.63. The molecule has 0 bridgehead atoms. The second-order valence-electron chi connectivity index (χ2n) is 23.4. The van der Waals surface area contributed by atoms with Gasteiger partial charge >= 0.3 is 0 Å². The van der Waals surface area contributed by atoms with Gasteiger partial charge in [0.25, 0.3) is 0 Å². The van der Waals surface area contributed by atoms with Crippen LogP contribution in [0.2, 0.25) is 189 Å². The number of rotatable bonds is 14. The second kappa shape index (κ2) is 12.8. The highest BCUT2D eigenvalue weighted by atomic mass is 29.6. The highest BCUT2D eigenvalue weighted by Crippen LogP contribution is 2.57. The molecule has 0 aliphatic heterocycles. The number of hydrogen-bond acceptors (Lipinski definition) is 0. The molecule has 0 aromatic heterocycles. The van der Waals surface area contributed by atoms with Gasteiger partial charge in [0.05, 0.1) is 0 Å². The molecule has 0 fully saturated rings. The van der Waals surface area contributed by atoms with Crippen LogP contribution in [-0.4, -0.2) is 88.3 Å². The van der Waals surface area contributed by atoms with Crippen LogP contribution in [0.4, 0.5) is 0 Å². The fraction of sp³-hybridized carbons (Fsp3) is 1.00. The first-order valence-corrected chi connectivity index (χ1v) is 53.9. The number of hydrogen-bond donors (Lipinski definition) is 0. The van der Waals surface area contributed by atoms with E-state index in [0.717, 1.165) is 19.2 Å². The van der Waals surface area contributed by atoms with Crippen LogP contribution in [0.25, 0.3) is 0 Å². The normalized spacial score (nSPS) is 16.5. The lowest BCUT2D eigenvalue weighted by Gasteiger charge is -2.74. The van der Waals surface area contributed by atoms with Gasteiger partial charge in [-0.3, -0.25) is 0 Å². The smallest absolute Gasteiger partial charge is 0.0394 e. The molecule has 41 heavy (non-hydrogen) atoms. The van der Waals surface area contributed by atoms with Crippen molar-refractivity contribution < 1.29 is 0 Å². The Labute approximate surface area is 275 Å². The molecule has 0 nitrogen and oxygen atoms in total. The quantitative estimate of drug-likeness (QED) is 0.155. The Morgan fingerprint density at radius 1 is 0.220 bits per heavy atom. The molecule has 0 aliphatic rings. The van der Waals surface area contributed by atoms with Gasteiger partial charge in [0.1, 0.15) is 0 Å². The van der Waals surface area contributed by atoms with E-state index in [-0.39, 0.29) is 0 Å². The van der Waals surface area contributed by atoms with Crippen molar-refractivity contribution in [2.24, 2.45) is 0 Å². The van der Waals surface area contributed by atoms with Crippen molar-refractivity contribution in [1.29, 1.82) is 0 Å². The predicted octanol–water partition coefficient (Wildman–Crippen LogP) is 12.3. The van der Waals surface area contributed by atoms with Gasteiger partial charge in [0.15, 0.2) is 0 Å². The Bertz CT molecular complexity index is 666. The SMILES string of the molecule is C[Si](C)(C)C([Si](C)(C)C)[Si](C)([Si-][Si](C)(C([Si](C)(C)C)[Si](C)(C)C)C([Si](C)(C)C)[Si](C)(C)C)C([Si](C)(C)C)[Si](C)(C)C. The van der Waals surface area contributed by atoms with E-state index >= 15 is 0 Å². The first-order valence-electron chi connectivity index (χ1n) is 17.0. The van der Waals surface area contributed by atoms with E-state index < -0.39 is 79.8 Å². The Morgan fingerprint density at radius 2 is 0.317 bits per heavy atom. The summed E-state index contributed by atoms with van der Waals surface area (Å²) in [6.07, 6.45) is 0. The van der Waals surface area contributed by atoms with E-state index in [1.165, 1.54) is 8.55 Å². The van der Waals surface area contributed by atoms with E-state index in [4.69, 9.17) is 0 Å². The van der Waals surface area contributed by atoms with E-state index in [0.29, 0.717) is 0 Å². The van der Waals surface area contributed by atoms with Crippen molar-refractivity contribution in [3.05, 3.63) is 0 Å². The molecule has 11 heteroatoms. The van der Waals surface area contributed by atoms with Gasteiger partial charge in [-0.1, -0.05) is 176 Å². The van der Waals surface area contributed by atoms with Crippen LogP contribution in [0.5, 0.6) is 0 Å². The van der Waals surface area contributed by atoms with Gasteiger partial charge in [-0.25, -0.2) is 0 Å². The standard InChI is InChI=1S/C30H82Si11/c1-32(2,3)27(33(4,5)6)40(25,28(34(7,8)9)35(10,11)12)31-41(26,29(36(13,14)15)37(16,17)18)30(38(19,20)21)39(22,23)24/h27-30H,1-26H3/q-1. The van der Waals surface area contributed by atoms with Gasteiger partial charge in [0.2, 0.25) is 0 Å². The average molecular weight is 752 g/mol. The van der Waals surface area contributed by atoms with Crippen LogP contribution in [0.15, 0.2) is 0 Å². The summed E-state index contributed by atoms with van der Waals surface area (Å²) in [7, 11) is -13.1. The molecule has 0 atom stereocenters. The molecular weight excluding hydrogens is 669 g/mol. The topological polar surface area (TPSA) is 0 Å². The lowest BCUT2D eigenvalue weighted by atomic mass is 11.6. The third-order valence-electron chi connectivity index (χ3n) is 9.87. The van der Waals surface area contributed by atoms with Crippen LogP contribution >= 0.6 is 0 Å². The van der Waals surface area contributed by atoms with Gasteiger partial charge in [-0.15, -0.1) is 28.3 Å². The first kappa shape index (κ1) is 43.4. The fourth-order valence-corrected chi connectivity index (χ4v) is 191. The zero-order chi connectivity index (χ0) is 34.0. The molecule has 0 heterocycles. The molecule has 1 radical (unpaired) electrons. The third kappa shape index (κ3) is 10.7. The molecule has 0 saturated carbocycles. The van der Waals surface area contributed by atoms with Gasteiger partial charge < -0.3 is 8.55 Å². The van der Waals surface area contributed by atoms with E-state index in [1.54, 1.807) is 0 Å². The fourth-order valence-electron chi connectivity index (χ4n) is 13.6. The molecule has 0 saturated heterocycles. The maximum atomic E-state index is 3.15. The maximum Gasteiger partial charge on any atom is 0.0394 e. The highest BCUT2D eigenvalue weighted by molar-refractivity contribution is 7.64. The monoisotopic (exact) mass is 750 g/mol. The molecule has 0 spiro atoms. The van der Waals surface area contributed by atoms with Crippen molar-refractivity contribution >= 4 is 88.3 Å². The zero-order valence-electron chi connectivity index (χ0n) is 33.8. The first-order chi connectivity index (χ1) is 17.2. The molecule has 0 aromatic rings. The summed E-state index contributed by atoms with van der Waals surface area (Å²) in [6.45, 7) is 74.3. The van der Waals surface area contributed by atoms with Crippen LogP contribution < -0.4 is 0 Å². The Kier molecular flexibility index (Phi) is 13.5. The lowest BCUT2D eigenvalue weighted by Crippen LogP contribution is -2.79. The Hall–Kier alpha value is 2.39. The molecule has 0 aliphatic carbocycles. The zero-order valence-corrected chi connectivity index (χ0v) is 44.8. The van der Waals surface area contributed by atoms with Crippen LogP contribution in [-0.2, 0) is 0 Å². The summed E-state index contributed by atoms with van der Waals surface area (Å²) in [5.41, 5.74) is 0. The van der Waals surface area contributed by atoms with Crippen molar-refractivity contribution in [2.75, 3.05) is 0 Å². The van der Waals surface area contributed by atoms with Crippen LogP contribution in [0, 0.1) is 0 Å². The third-order valence-corrected chi connectivity index (χ3v) is 109. The largest absolute Gasteiger partial charge is 0.426 e. The van der Waals surface area contributed by atoms with Crippen molar-refractivity contribution in [3.8, 4) is 0 Å². The predicted molar refractivity (Wildman–Crippen MR) is 231 cm³/mol. The summed E-state index contributed by atoms with van der Waals surface area (Å²) in [6, 6.07) is 0. The lowest BCUT2D eigenvalue weighted by molar-refractivity contribution is 1.27. The summed E-state index contributed by atoms with van der Waals surface area (Å²) < 4.78 is 0. The minimum atomic E-state index is -1.70. The molecule has 0 rings (SSSR count). The van der Waals surface area contributed by atoms with Crippen LogP contribution in [0.3, 0.4) is 0 Å². The maximum absolute atomic E-state index is 3.15. The van der Waals surface area contributed by atoms with Crippen LogP contribution in [0.1, 0.15) is 0 Å². The average Bonchev–Trinajstić information content (AvgIpc) is 2.38. The summed E-state index contributed by atoms with van der Waals surface area (Å²) >= 11 is 0. The molecule has 0 amide bonds. The summed E-state index contributed by atoms with van der Waals surface area (Å²) in [4.78, 5) is 4.51. The Morgan fingerprint density at radius 3 is 0.390 bits per heavy atom. The molecular formula is C30H82Si11-. The highest BCUT2D eigenvalue weighted by Gasteiger charge is 2.59. The van der Waals surface area contributed by atoms with Crippen molar-refractivity contribution in [3.63, 3.8) is 0 Å². The van der Waals surface area contributed by atoms with E-state index in [2.05, 4.69) is 170 Å². The minimum absolute atomic E-state index is 1.13. The van der Waals surface area contributed by atoms with E-state index in [9.17, 15) is 0 Å². The van der Waals surface area contributed by atoms with Crippen molar-refractivity contribution in [2.45, 2.75) is 189 Å². The van der Waals surface area contributed by atoms with Crippen molar-refractivity contribution in [1.82, 2.24) is 0 Å². The molecule has 0 unspecified atom stereocenters. The molecule has 247 valence electrons. The second-order valence-corrected chi connectivity index (χ2v) is 89.9. The minimum Gasteiger partial charge on any atom is -0.426 e. The van der Waals surface area contributed by atoms with Gasteiger partial charge in [0, 0.05) is 64.6 Å². The summed E-state index contributed by atoms with van der Waals surface area (Å²) in [5, 5.41) is 0. The molecule has 0 aromatic carbocycles. The van der Waals surface area contributed by atoms with Gasteiger partial charge in [-0.2, -0.15) is 0 Å². The van der Waals surface area contributed by atoms with Gasteiger partial charge in [-0.05, 0) is 0 Å².